The van der Waals surface area contributed by atoms with Crippen LogP contribution < -0.4 is 5.32 Å². The van der Waals surface area contributed by atoms with E-state index >= 15 is 0 Å². The minimum Gasteiger partial charge on any atom is -0.451 e. The summed E-state index contributed by atoms with van der Waals surface area (Å²) in [6, 6.07) is 16.2. The molecule has 1 amide bonds. The third-order valence-electron chi connectivity index (χ3n) is 4.65. The summed E-state index contributed by atoms with van der Waals surface area (Å²) in [6.45, 7) is 4.01. The Kier molecular flexibility index (Phi) is 6.30. The van der Waals surface area contributed by atoms with Crippen LogP contribution in [-0.2, 0) is 6.42 Å². The molecule has 30 heavy (non-hydrogen) atoms. The van der Waals surface area contributed by atoms with Crippen molar-refractivity contribution >= 4 is 51.2 Å². The Morgan fingerprint density at radius 1 is 1.20 bits per heavy atom. The number of anilines is 1. The molecule has 0 unspecified atom stereocenters. The number of rotatable bonds is 7. The van der Waals surface area contributed by atoms with Crippen molar-refractivity contribution in [2.45, 2.75) is 24.6 Å². The van der Waals surface area contributed by atoms with Crippen molar-refractivity contribution in [2.75, 3.05) is 11.1 Å². The lowest BCUT2D eigenvalue weighted by molar-refractivity contribution is 0.0998. The molecule has 7 heteroatoms. The topological polar surface area (TPSA) is 68.0 Å². The average molecular weight is 436 g/mol. The predicted octanol–water partition coefficient (Wildman–Crippen LogP) is 6.21. The van der Waals surface area contributed by atoms with Crippen LogP contribution >= 0.6 is 23.1 Å². The monoisotopic (exact) mass is 435 g/mol. The van der Waals surface area contributed by atoms with Gasteiger partial charge in [-0.2, -0.15) is 0 Å². The van der Waals surface area contributed by atoms with Gasteiger partial charge in [0.2, 0.25) is 5.13 Å². The van der Waals surface area contributed by atoms with Crippen LogP contribution in [0.2, 0.25) is 0 Å². The number of hydrogen-bond donors (Lipinski definition) is 1. The zero-order chi connectivity index (χ0) is 20.9. The van der Waals surface area contributed by atoms with Crippen LogP contribution in [0, 0.1) is 6.92 Å². The molecular formula is C23H21N3O2S2. The van der Waals surface area contributed by atoms with E-state index in [1.807, 2.05) is 37.3 Å². The summed E-state index contributed by atoms with van der Waals surface area (Å²) in [5, 5.41) is 12.5. The van der Waals surface area contributed by atoms with Crippen molar-refractivity contribution in [3.63, 3.8) is 0 Å². The number of nitrogens with zero attached hydrogens (tertiary/aromatic N) is 2. The molecule has 1 N–H and O–H groups in total. The van der Waals surface area contributed by atoms with Crippen LogP contribution in [0.4, 0.5) is 5.13 Å². The van der Waals surface area contributed by atoms with Crippen LogP contribution in [-0.4, -0.2) is 21.9 Å². The molecule has 0 saturated carbocycles. The number of aryl methyl sites for hydroxylation is 2. The molecule has 4 aromatic rings. The highest BCUT2D eigenvalue weighted by atomic mass is 32.2. The molecule has 5 nitrogen and oxygen atoms in total. The first kappa shape index (κ1) is 20.4. The molecule has 0 radical (unpaired) electrons. The van der Waals surface area contributed by atoms with Gasteiger partial charge in [-0.05, 0) is 36.6 Å². The number of furan rings is 1. The Labute approximate surface area is 183 Å². The number of carbonyl (C=O) groups excluding carboxylic acids is 1. The molecule has 0 fully saturated rings. The molecule has 0 aliphatic carbocycles. The Bertz CT molecular complexity index is 1200. The summed E-state index contributed by atoms with van der Waals surface area (Å²) in [5.74, 6) is 0.784. The number of nitrogens with one attached hydrogen (secondary N) is 1. The van der Waals surface area contributed by atoms with Gasteiger partial charge >= 0.3 is 0 Å². The lowest BCUT2D eigenvalue weighted by atomic mass is 10.1. The molecule has 152 valence electrons. The molecule has 0 aliphatic heterocycles. The Morgan fingerprint density at radius 3 is 2.83 bits per heavy atom. The van der Waals surface area contributed by atoms with E-state index in [0.29, 0.717) is 16.5 Å². The largest absolute Gasteiger partial charge is 0.451 e. The Morgan fingerprint density at radius 2 is 2.03 bits per heavy atom. The average Bonchev–Trinajstić information content (AvgIpc) is 3.35. The van der Waals surface area contributed by atoms with E-state index in [4.69, 9.17) is 4.42 Å². The van der Waals surface area contributed by atoms with Crippen LogP contribution in [0.1, 0.15) is 34.2 Å². The van der Waals surface area contributed by atoms with Gasteiger partial charge in [-0.3, -0.25) is 10.1 Å². The summed E-state index contributed by atoms with van der Waals surface area (Å²) in [6.07, 6.45) is 5.10. The maximum Gasteiger partial charge on any atom is 0.293 e. The molecule has 0 spiro atoms. The van der Waals surface area contributed by atoms with E-state index in [0.717, 1.165) is 33.0 Å². The van der Waals surface area contributed by atoms with E-state index in [1.165, 1.54) is 16.9 Å². The zero-order valence-electron chi connectivity index (χ0n) is 16.7. The van der Waals surface area contributed by atoms with E-state index in [-0.39, 0.29) is 5.91 Å². The van der Waals surface area contributed by atoms with Crippen LogP contribution in [0.3, 0.4) is 0 Å². The van der Waals surface area contributed by atoms with Crippen LogP contribution in [0.15, 0.2) is 63.4 Å². The second kappa shape index (κ2) is 9.28. The van der Waals surface area contributed by atoms with Gasteiger partial charge in [0.1, 0.15) is 5.58 Å². The zero-order valence-corrected chi connectivity index (χ0v) is 18.3. The lowest BCUT2D eigenvalue weighted by Gasteiger charge is -1.98. The molecular weight excluding hydrogens is 414 g/mol. The second-order valence-corrected chi connectivity index (χ2v) is 8.94. The first-order valence-electron chi connectivity index (χ1n) is 9.65. The highest BCUT2D eigenvalue weighted by molar-refractivity contribution is 8.01. The highest BCUT2D eigenvalue weighted by Gasteiger charge is 2.19. The SMILES string of the molecule is CCc1ccc2oc(C(=O)Nc3nnc(SC/C=C/c4ccccc4)s3)c(C)c2c1. The van der Waals surface area contributed by atoms with Crippen molar-refractivity contribution in [2.24, 2.45) is 0 Å². The predicted molar refractivity (Wildman–Crippen MR) is 124 cm³/mol. The Balaban J connectivity index is 1.39. The first-order chi connectivity index (χ1) is 14.6. The Hall–Kier alpha value is -2.90. The van der Waals surface area contributed by atoms with E-state index < -0.39 is 0 Å². The first-order valence-corrected chi connectivity index (χ1v) is 11.5. The lowest BCUT2D eigenvalue weighted by Crippen LogP contribution is -2.11. The third-order valence-corrected chi connectivity index (χ3v) is 6.58. The fraction of sp³-hybridized carbons (Fsp3) is 0.174. The number of benzene rings is 2. The van der Waals surface area contributed by atoms with Crippen molar-refractivity contribution < 1.29 is 9.21 Å². The van der Waals surface area contributed by atoms with Gasteiger partial charge in [-0.15, -0.1) is 10.2 Å². The molecule has 4 rings (SSSR count). The quantitative estimate of drug-likeness (QED) is 0.276. The minimum atomic E-state index is -0.307. The molecule has 0 aliphatic rings. The van der Waals surface area contributed by atoms with E-state index in [2.05, 4.69) is 52.8 Å². The van der Waals surface area contributed by atoms with Gasteiger partial charge in [0.05, 0.1) is 0 Å². The smallest absolute Gasteiger partial charge is 0.293 e. The van der Waals surface area contributed by atoms with Gasteiger partial charge in [0.15, 0.2) is 10.1 Å². The summed E-state index contributed by atoms with van der Waals surface area (Å²) in [7, 11) is 0. The van der Waals surface area contributed by atoms with Gasteiger partial charge in [0, 0.05) is 16.7 Å². The van der Waals surface area contributed by atoms with Crippen molar-refractivity contribution in [1.29, 1.82) is 0 Å². The van der Waals surface area contributed by atoms with Crippen molar-refractivity contribution in [3.05, 3.63) is 77.1 Å². The normalized spacial score (nSPS) is 11.4. The maximum absolute atomic E-state index is 12.7. The molecule has 0 bridgehead atoms. The van der Waals surface area contributed by atoms with Crippen LogP contribution in [0.25, 0.3) is 17.0 Å². The van der Waals surface area contributed by atoms with E-state index in [1.54, 1.807) is 11.8 Å². The van der Waals surface area contributed by atoms with Crippen molar-refractivity contribution in [1.82, 2.24) is 10.2 Å². The van der Waals surface area contributed by atoms with Crippen molar-refractivity contribution in [3.8, 4) is 0 Å². The third kappa shape index (κ3) is 4.63. The summed E-state index contributed by atoms with van der Waals surface area (Å²) >= 11 is 2.93. The van der Waals surface area contributed by atoms with Gasteiger partial charge < -0.3 is 4.42 Å². The second-order valence-electron chi connectivity index (χ2n) is 6.69. The van der Waals surface area contributed by atoms with Gasteiger partial charge in [-0.1, -0.05) is 78.6 Å². The summed E-state index contributed by atoms with van der Waals surface area (Å²) in [5.41, 5.74) is 3.93. The van der Waals surface area contributed by atoms with Gasteiger partial charge in [-0.25, -0.2) is 0 Å². The van der Waals surface area contributed by atoms with E-state index in [9.17, 15) is 4.79 Å². The van der Waals surface area contributed by atoms with Gasteiger partial charge in [0.25, 0.3) is 5.91 Å². The fourth-order valence-corrected chi connectivity index (χ4v) is 4.63. The maximum atomic E-state index is 12.7. The number of fused-ring (bicyclic) bond motifs is 1. The summed E-state index contributed by atoms with van der Waals surface area (Å²) in [4.78, 5) is 12.7. The number of carbonyl (C=O) groups is 1. The standard InChI is InChI=1S/C23H21N3O2S2/c1-3-16-11-12-19-18(14-16)15(2)20(28-19)21(27)24-22-25-26-23(30-22)29-13-7-10-17-8-5-4-6-9-17/h4-12,14H,3,13H2,1-2H3,(H,24,25,27)/b10-7+. The number of thioether (sulfide) groups is 1. The number of amides is 1. The number of aromatic nitrogens is 2. The molecule has 2 aromatic carbocycles. The highest BCUT2D eigenvalue weighted by Crippen LogP contribution is 2.29. The molecule has 2 aromatic heterocycles. The number of hydrogen-bond acceptors (Lipinski definition) is 6. The minimum absolute atomic E-state index is 0.307. The fourth-order valence-electron chi connectivity index (χ4n) is 3.04. The summed E-state index contributed by atoms with van der Waals surface area (Å²) < 4.78 is 6.59. The molecule has 2 heterocycles. The van der Waals surface area contributed by atoms with Crippen LogP contribution in [0.5, 0.6) is 0 Å². The molecule has 0 saturated heterocycles. The molecule has 0 atom stereocenters.